The average molecular weight is 269 g/mol. The number of halogens is 1. The topological polar surface area (TPSA) is 119 Å². The first kappa shape index (κ1) is 12.2. The zero-order valence-electron chi connectivity index (χ0n) is 9.72. The van der Waals surface area contributed by atoms with Crippen LogP contribution in [0.15, 0.2) is 12.7 Å². The zero-order chi connectivity index (χ0) is 13.6. The molecule has 0 bridgehead atoms. The smallest absolute Gasteiger partial charge is 0.225 e. The van der Waals surface area contributed by atoms with Gasteiger partial charge in [0, 0.05) is 6.42 Å². The fourth-order valence-corrected chi connectivity index (χ4v) is 2.18. The van der Waals surface area contributed by atoms with E-state index in [2.05, 4.69) is 15.0 Å². The summed E-state index contributed by atoms with van der Waals surface area (Å²) in [6.07, 6.45) is -2.44. The predicted molar refractivity (Wildman–Crippen MR) is 61.4 cm³/mol. The first-order chi connectivity index (χ1) is 9.08. The van der Waals surface area contributed by atoms with Crippen LogP contribution >= 0.6 is 0 Å². The van der Waals surface area contributed by atoms with Crippen molar-refractivity contribution in [2.24, 2.45) is 0 Å². The van der Waals surface area contributed by atoms with Gasteiger partial charge in [-0.3, -0.25) is 4.57 Å². The van der Waals surface area contributed by atoms with Crippen molar-refractivity contribution >= 4 is 17.0 Å². The van der Waals surface area contributed by atoms with Crippen LogP contribution in [0.1, 0.15) is 12.6 Å². The molecule has 3 rings (SSSR count). The van der Waals surface area contributed by atoms with Gasteiger partial charge in [0.25, 0.3) is 0 Å². The second-order valence-corrected chi connectivity index (χ2v) is 4.31. The summed E-state index contributed by atoms with van der Waals surface area (Å²) >= 11 is 0. The molecule has 2 aromatic heterocycles. The predicted octanol–water partition coefficient (Wildman–Crippen LogP) is -0.655. The van der Waals surface area contributed by atoms with Crippen molar-refractivity contribution in [1.29, 1.82) is 0 Å². The molecular weight excluding hydrogens is 257 g/mol. The number of aliphatic hydroxyl groups is 2. The van der Waals surface area contributed by atoms with Crippen LogP contribution in [-0.4, -0.2) is 48.3 Å². The molecule has 2 aromatic rings. The van der Waals surface area contributed by atoms with Gasteiger partial charge < -0.3 is 20.7 Å². The Hall–Kier alpha value is -1.84. The quantitative estimate of drug-likeness (QED) is 0.662. The van der Waals surface area contributed by atoms with E-state index in [0.29, 0.717) is 11.2 Å². The molecule has 1 saturated heterocycles. The van der Waals surface area contributed by atoms with Crippen LogP contribution in [-0.2, 0) is 4.74 Å². The van der Waals surface area contributed by atoms with E-state index in [9.17, 15) is 9.50 Å². The third-order valence-corrected chi connectivity index (χ3v) is 3.11. The Kier molecular flexibility index (Phi) is 2.81. The van der Waals surface area contributed by atoms with Crippen molar-refractivity contribution in [1.82, 2.24) is 19.5 Å². The number of hydrogen-bond acceptors (Lipinski definition) is 7. The van der Waals surface area contributed by atoms with Crippen LogP contribution in [0.3, 0.4) is 0 Å². The molecule has 102 valence electrons. The van der Waals surface area contributed by atoms with Crippen LogP contribution < -0.4 is 5.73 Å². The van der Waals surface area contributed by atoms with Gasteiger partial charge in [0.15, 0.2) is 11.5 Å². The molecule has 1 aliphatic rings. The van der Waals surface area contributed by atoms with Gasteiger partial charge in [-0.25, -0.2) is 19.3 Å². The number of nitrogens with zero attached hydrogens (tertiary/aromatic N) is 4. The number of imidazole rings is 1. The second kappa shape index (κ2) is 4.37. The van der Waals surface area contributed by atoms with E-state index in [1.807, 2.05) is 0 Å². The van der Waals surface area contributed by atoms with Crippen LogP contribution in [0.5, 0.6) is 0 Å². The number of alkyl halides is 1. The van der Waals surface area contributed by atoms with Gasteiger partial charge in [-0.1, -0.05) is 0 Å². The highest BCUT2D eigenvalue weighted by molar-refractivity contribution is 5.81. The number of rotatable bonds is 2. The average Bonchev–Trinajstić information content (AvgIpc) is 2.93. The molecule has 0 saturated carbocycles. The van der Waals surface area contributed by atoms with Crippen LogP contribution in [0, 0.1) is 0 Å². The molecule has 0 amide bonds. The summed E-state index contributed by atoms with van der Waals surface area (Å²) in [6, 6.07) is 0. The molecule has 4 N–H and O–H groups in total. The van der Waals surface area contributed by atoms with E-state index in [-0.39, 0.29) is 12.2 Å². The molecule has 4 atom stereocenters. The molecule has 1 fully saturated rings. The van der Waals surface area contributed by atoms with Crippen molar-refractivity contribution in [2.45, 2.75) is 31.2 Å². The number of nitrogens with two attached hydrogens (primary N) is 1. The van der Waals surface area contributed by atoms with Gasteiger partial charge in [0.1, 0.15) is 24.2 Å². The first-order valence-corrected chi connectivity index (χ1v) is 5.66. The number of ether oxygens (including phenoxy) is 1. The second-order valence-electron chi connectivity index (χ2n) is 4.31. The minimum atomic E-state index is -2.24. The molecule has 3 heterocycles. The first-order valence-electron chi connectivity index (χ1n) is 5.66. The highest BCUT2D eigenvalue weighted by Crippen LogP contribution is 2.32. The van der Waals surface area contributed by atoms with Crippen molar-refractivity contribution in [3.05, 3.63) is 12.7 Å². The Labute approximate surface area is 106 Å². The largest absolute Gasteiger partial charge is 0.390 e. The normalized spacial score (nSPS) is 28.9. The van der Waals surface area contributed by atoms with Crippen LogP contribution in [0.25, 0.3) is 11.2 Å². The fraction of sp³-hybridized carbons (Fsp3) is 0.500. The molecule has 1 unspecified atom stereocenters. The molecule has 0 spiro atoms. The maximum Gasteiger partial charge on any atom is 0.225 e. The highest BCUT2D eigenvalue weighted by atomic mass is 19.1. The van der Waals surface area contributed by atoms with Gasteiger partial charge in [-0.15, -0.1) is 0 Å². The lowest BCUT2D eigenvalue weighted by Gasteiger charge is -2.15. The molecule has 1 aliphatic heterocycles. The Morgan fingerprint density at radius 3 is 2.95 bits per heavy atom. The maximum absolute atomic E-state index is 12.9. The summed E-state index contributed by atoms with van der Waals surface area (Å²) < 4.78 is 19.7. The Bertz CT molecular complexity index is 604. The van der Waals surface area contributed by atoms with E-state index in [4.69, 9.17) is 15.6 Å². The Morgan fingerprint density at radius 1 is 1.47 bits per heavy atom. The van der Waals surface area contributed by atoms with E-state index in [1.54, 1.807) is 0 Å². The summed E-state index contributed by atoms with van der Waals surface area (Å²) in [5, 5.41) is 18.5. The van der Waals surface area contributed by atoms with E-state index < -0.39 is 24.8 Å². The maximum atomic E-state index is 12.9. The number of aliphatic hydroxyl groups excluding tert-OH is 2. The van der Waals surface area contributed by atoms with Crippen molar-refractivity contribution < 1.29 is 19.3 Å². The lowest BCUT2D eigenvalue weighted by Crippen LogP contribution is -2.31. The third-order valence-electron chi connectivity index (χ3n) is 3.11. The van der Waals surface area contributed by atoms with Gasteiger partial charge in [-0.05, 0) is 0 Å². The summed E-state index contributed by atoms with van der Waals surface area (Å²) in [5.74, 6) is 0.226. The van der Waals surface area contributed by atoms with E-state index in [0.717, 1.165) is 0 Å². The van der Waals surface area contributed by atoms with Gasteiger partial charge >= 0.3 is 0 Å². The molecule has 19 heavy (non-hydrogen) atoms. The zero-order valence-corrected chi connectivity index (χ0v) is 9.72. The van der Waals surface area contributed by atoms with Crippen LogP contribution in [0.4, 0.5) is 10.2 Å². The number of fused-ring (bicyclic) bond motifs is 1. The summed E-state index contributed by atoms with van der Waals surface area (Å²) in [6.45, 7) is 0. The Morgan fingerprint density at radius 2 is 2.26 bits per heavy atom. The van der Waals surface area contributed by atoms with Gasteiger partial charge in [0.2, 0.25) is 6.36 Å². The number of aromatic nitrogens is 4. The van der Waals surface area contributed by atoms with E-state index in [1.165, 1.54) is 17.2 Å². The molecule has 9 heteroatoms. The van der Waals surface area contributed by atoms with Crippen molar-refractivity contribution in [2.75, 3.05) is 5.73 Å². The van der Waals surface area contributed by atoms with E-state index >= 15 is 0 Å². The molecule has 0 aromatic carbocycles. The monoisotopic (exact) mass is 269 g/mol. The number of hydrogen-bond donors (Lipinski definition) is 3. The van der Waals surface area contributed by atoms with Gasteiger partial charge in [-0.2, -0.15) is 0 Å². The lowest BCUT2D eigenvalue weighted by molar-refractivity contribution is -0.129. The highest BCUT2D eigenvalue weighted by Gasteiger charge is 2.40. The molecule has 0 radical (unpaired) electrons. The van der Waals surface area contributed by atoms with Crippen molar-refractivity contribution in [3.63, 3.8) is 0 Å². The number of anilines is 1. The SMILES string of the molecule is Nc1ncnc2c1ncn2[C@H]1C[C@H](O)[C@@H](C(O)F)O1. The summed E-state index contributed by atoms with van der Waals surface area (Å²) in [5.41, 5.74) is 6.49. The Balaban J connectivity index is 1.96. The molecule has 0 aliphatic carbocycles. The van der Waals surface area contributed by atoms with Crippen molar-refractivity contribution in [3.8, 4) is 0 Å². The fourth-order valence-electron chi connectivity index (χ4n) is 2.18. The third kappa shape index (κ3) is 1.91. The summed E-state index contributed by atoms with van der Waals surface area (Å²) in [4.78, 5) is 11.9. The number of nitrogen functional groups attached to an aromatic ring is 1. The summed E-state index contributed by atoms with van der Waals surface area (Å²) in [7, 11) is 0. The lowest BCUT2D eigenvalue weighted by atomic mass is 10.2. The minimum absolute atomic E-state index is 0.126. The molecule has 8 nitrogen and oxygen atoms in total. The minimum Gasteiger partial charge on any atom is -0.390 e. The van der Waals surface area contributed by atoms with Crippen LogP contribution in [0.2, 0.25) is 0 Å². The van der Waals surface area contributed by atoms with Gasteiger partial charge in [0.05, 0.1) is 12.4 Å². The standard InChI is InChI=1S/C10H12FN5O3/c11-8(18)7-4(17)1-5(19-7)16-3-15-6-9(12)13-2-14-10(6)16/h2-5,7-8,17-18H,1H2,(H2,12,13,14)/t4-,5+,7-,8?/m0/s1. The molecular formula is C10H12FN5O3.